The summed E-state index contributed by atoms with van der Waals surface area (Å²) < 4.78 is 0. The molecule has 0 spiro atoms. The van der Waals surface area contributed by atoms with Crippen LogP contribution in [0.1, 0.15) is 29.2 Å². The van der Waals surface area contributed by atoms with Crippen molar-refractivity contribution in [1.82, 2.24) is 0 Å². The van der Waals surface area contributed by atoms with E-state index in [1.54, 1.807) is 0 Å². The highest BCUT2D eigenvalue weighted by Crippen LogP contribution is 2.19. The van der Waals surface area contributed by atoms with Crippen molar-refractivity contribution in [3.63, 3.8) is 0 Å². The van der Waals surface area contributed by atoms with Crippen LogP contribution in [0.15, 0.2) is 30.9 Å². The third-order valence-corrected chi connectivity index (χ3v) is 2.25. The molecular formula is C12H18ClN. The van der Waals surface area contributed by atoms with E-state index in [4.69, 9.17) is 5.73 Å². The lowest BCUT2D eigenvalue weighted by atomic mass is 9.97. The Bertz CT molecular complexity index is 307. The molecular weight excluding hydrogens is 194 g/mol. The average molecular weight is 212 g/mol. The van der Waals surface area contributed by atoms with E-state index in [0.717, 1.165) is 6.42 Å². The van der Waals surface area contributed by atoms with Gasteiger partial charge in [-0.05, 0) is 31.4 Å². The zero-order valence-electron chi connectivity index (χ0n) is 8.79. The summed E-state index contributed by atoms with van der Waals surface area (Å²) in [5.41, 5.74) is 9.77. The summed E-state index contributed by atoms with van der Waals surface area (Å²) in [6, 6.07) is 6.48. The Morgan fingerprint density at radius 2 is 2.07 bits per heavy atom. The zero-order valence-corrected chi connectivity index (χ0v) is 9.60. The van der Waals surface area contributed by atoms with Gasteiger partial charge in [-0.15, -0.1) is 19.0 Å². The van der Waals surface area contributed by atoms with Gasteiger partial charge in [0.2, 0.25) is 0 Å². The molecule has 14 heavy (non-hydrogen) atoms. The Morgan fingerprint density at radius 1 is 1.43 bits per heavy atom. The van der Waals surface area contributed by atoms with E-state index in [-0.39, 0.29) is 18.4 Å². The average Bonchev–Trinajstić information content (AvgIpc) is 2.09. The predicted octanol–water partition coefficient (Wildman–Crippen LogP) is 3.30. The van der Waals surface area contributed by atoms with Crippen LogP contribution in [0, 0.1) is 13.8 Å². The van der Waals surface area contributed by atoms with Gasteiger partial charge in [-0.25, -0.2) is 0 Å². The van der Waals surface area contributed by atoms with Crippen LogP contribution in [0.5, 0.6) is 0 Å². The molecule has 0 aromatic heterocycles. The first kappa shape index (κ1) is 13.2. The minimum atomic E-state index is 0. The van der Waals surface area contributed by atoms with Gasteiger partial charge in [-0.3, -0.25) is 0 Å². The minimum absolute atomic E-state index is 0. The Labute approximate surface area is 92.4 Å². The maximum Gasteiger partial charge on any atom is 0.0332 e. The quantitative estimate of drug-likeness (QED) is 0.763. The van der Waals surface area contributed by atoms with Gasteiger partial charge in [0.15, 0.2) is 0 Å². The molecule has 1 rings (SSSR count). The Hall–Kier alpha value is -0.790. The van der Waals surface area contributed by atoms with Gasteiger partial charge in [0.25, 0.3) is 0 Å². The first-order valence-electron chi connectivity index (χ1n) is 4.58. The van der Waals surface area contributed by atoms with Crippen LogP contribution < -0.4 is 5.73 Å². The van der Waals surface area contributed by atoms with Gasteiger partial charge < -0.3 is 5.73 Å². The van der Waals surface area contributed by atoms with Crippen LogP contribution in [0.2, 0.25) is 0 Å². The van der Waals surface area contributed by atoms with Gasteiger partial charge in [-0.2, -0.15) is 0 Å². The van der Waals surface area contributed by atoms with Crippen LogP contribution in [0.4, 0.5) is 0 Å². The van der Waals surface area contributed by atoms with Gasteiger partial charge in [0.1, 0.15) is 0 Å². The molecule has 1 aromatic carbocycles. The maximum absolute atomic E-state index is 6.00. The third-order valence-electron chi connectivity index (χ3n) is 2.25. The highest BCUT2D eigenvalue weighted by molar-refractivity contribution is 5.85. The number of rotatable bonds is 3. The predicted molar refractivity (Wildman–Crippen MR) is 64.9 cm³/mol. The second-order valence-electron chi connectivity index (χ2n) is 3.49. The SMILES string of the molecule is C=CC[C@@H](N)c1cc(C)ccc1C.Cl. The summed E-state index contributed by atoms with van der Waals surface area (Å²) in [7, 11) is 0. The Balaban J connectivity index is 0.00000169. The monoisotopic (exact) mass is 211 g/mol. The Morgan fingerprint density at radius 3 is 2.64 bits per heavy atom. The number of nitrogens with two attached hydrogens (primary N) is 1. The smallest absolute Gasteiger partial charge is 0.0332 e. The van der Waals surface area contributed by atoms with E-state index in [1.807, 2.05) is 6.08 Å². The fourth-order valence-corrected chi connectivity index (χ4v) is 1.47. The van der Waals surface area contributed by atoms with Crippen LogP contribution in [-0.2, 0) is 0 Å². The van der Waals surface area contributed by atoms with Crippen LogP contribution >= 0.6 is 12.4 Å². The molecule has 0 fully saturated rings. The molecule has 0 aliphatic heterocycles. The fourth-order valence-electron chi connectivity index (χ4n) is 1.47. The molecule has 0 unspecified atom stereocenters. The summed E-state index contributed by atoms with van der Waals surface area (Å²) >= 11 is 0. The second kappa shape index (κ2) is 5.84. The summed E-state index contributed by atoms with van der Waals surface area (Å²) in [5.74, 6) is 0. The van der Waals surface area contributed by atoms with Crippen molar-refractivity contribution in [2.24, 2.45) is 5.73 Å². The first-order chi connectivity index (χ1) is 6.15. The van der Waals surface area contributed by atoms with Crippen molar-refractivity contribution >= 4 is 12.4 Å². The van der Waals surface area contributed by atoms with Crippen molar-refractivity contribution in [1.29, 1.82) is 0 Å². The van der Waals surface area contributed by atoms with E-state index in [1.165, 1.54) is 16.7 Å². The molecule has 78 valence electrons. The van der Waals surface area contributed by atoms with Crippen molar-refractivity contribution in [2.75, 3.05) is 0 Å². The molecule has 2 heteroatoms. The lowest BCUT2D eigenvalue weighted by Gasteiger charge is -2.13. The molecule has 0 aliphatic rings. The third kappa shape index (κ3) is 3.17. The minimum Gasteiger partial charge on any atom is -0.324 e. The summed E-state index contributed by atoms with van der Waals surface area (Å²) in [6.07, 6.45) is 2.71. The molecule has 0 heterocycles. The van der Waals surface area contributed by atoms with Crippen molar-refractivity contribution in [3.05, 3.63) is 47.5 Å². The van der Waals surface area contributed by atoms with E-state index >= 15 is 0 Å². The summed E-state index contributed by atoms with van der Waals surface area (Å²) in [6.45, 7) is 7.88. The molecule has 1 nitrogen and oxygen atoms in total. The largest absolute Gasteiger partial charge is 0.324 e. The number of halogens is 1. The van der Waals surface area contributed by atoms with Gasteiger partial charge in [0.05, 0.1) is 0 Å². The van der Waals surface area contributed by atoms with Crippen molar-refractivity contribution in [2.45, 2.75) is 26.3 Å². The lowest BCUT2D eigenvalue weighted by molar-refractivity contribution is 0.735. The number of hydrogen-bond donors (Lipinski definition) is 1. The van der Waals surface area contributed by atoms with Crippen LogP contribution in [-0.4, -0.2) is 0 Å². The fraction of sp³-hybridized carbons (Fsp3) is 0.333. The molecule has 0 radical (unpaired) electrons. The molecule has 0 bridgehead atoms. The number of aryl methyl sites for hydroxylation is 2. The molecule has 1 aromatic rings. The normalized spacial score (nSPS) is 11.6. The summed E-state index contributed by atoms with van der Waals surface area (Å²) in [5, 5.41) is 0. The van der Waals surface area contributed by atoms with E-state index < -0.39 is 0 Å². The summed E-state index contributed by atoms with van der Waals surface area (Å²) in [4.78, 5) is 0. The molecule has 1 atom stereocenters. The van der Waals surface area contributed by atoms with Crippen LogP contribution in [0.3, 0.4) is 0 Å². The number of benzene rings is 1. The number of hydrogen-bond acceptors (Lipinski definition) is 1. The van der Waals surface area contributed by atoms with E-state index in [2.05, 4.69) is 38.6 Å². The molecule has 0 aliphatic carbocycles. The topological polar surface area (TPSA) is 26.0 Å². The van der Waals surface area contributed by atoms with Gasteiger partial charge in [-0.1, -0.05) is 29.8 Å². The Kier molecular flexibility index (Phi) is 5.51. The molecule has 0 saturated heterocycles. The molecule has 0 saturated carbocycles. The van der Waals surface area contributed by atoms with Crippen LogP contribution in [0.25, 0.3) is 0 Å². The highest BCUT2D eigenvalue weighted by atomic mass is 35.5. The highest BCUT2D eigenvalue weighted by Gasteiger charge is 2.06. The maximum atomic E-state index is 6.00. The zero-order chi connectivity index (χ0) is 9.84. The van der Waals surface area contributed by atoms with E-state index in [0.29, 0.717) is 0 Å². The van der Waals surface area contributed by atoms with Gasteiger partial charge in [0, 0.05) is 6.04 Å². The van der Waals surface area contributed by atoms with Crippen molar-refractivity contribution in [3.8, 4) is 0 Å². The van der Waals surface area contributed by atoms with Crippen molar-refractivity contribution < 1.29 is 0 Å². The van der Waals surface area contributed by atoms with Gasteiger partial charge >= 0.3 is 0 Å². The molecule has 0 amide bonds. The second-order valence-corrected chi connectivity index (χ2v) is 3.49. The lowest BCUT2D eigenvalue weighted by Crippen LogP contribution is -2.10. The first-order valence-corrected chi connectivity index (χ1v) is 4.58. The molecule has 2 N–H and O–H groups in total. The standard InChI is InChI=1S/C12H17N.ClH/c1-4-5-12(13)11-8-9(2)6-7-10(11)3;/h4,6-8,12H,1,5,13H2,2-3H3;1H/t12-;/m1./s1. The van der Waals surface area contributed by atoms with E-state index in [9.17, 15) is 0 Å².